The third-order valence-corrected chi connectivity index (χ3v) is 7.28. The van der Waals surface area contributed by atoms with Gasteiger partial charge in [0, 0.05) is 5.41 Å². The Morgan fingerprint density at radius 1 is 0.903 bits per heavy atom. The number of hydrogen-bond donors (Lipinski definition) is 0. The van der Waals surface area contributed by atoms with E-state index < -0.39 is 0 Å². The fraction of sp³-hybridized carbons (Fsp3) is 0.161. The van der Waals surface area contributed by atoms with Crippen molar-refractivity contribution in [2.24, 2.45) is 5.41 Å². The van der Waals surface area contributed by atoms with Gasteiger partial charge in [-0.1, -0.05) is 110 Å². The van der Waals surface area contributed by atoms with E-state index in [1.165, 1.54) is 44.5 Å². The molecule has 0 amide bonds. The summed E-state index contributed by atoms with van der Waals surface area (Å²) in [6, 6.07) is 17.7. The van der Waals surface area contributed by atoms with Gasteiger partial charge in [0.25, 0.3) is 0 Å². The molecule has 5 rings (SSSR count). The van der Waals surface area contributed by atoms with E-state index in [2.05, 4.69) is 119 Å². The second-order valence-electron chi connectivity index (χ2n) is 8.93. The lowest BCUT2D eigenvalue weighted by Gasteiger charge is -2.33. The van der Waals surface area contributed by atoms with E-state index in [1.54, 1.807) is 0 Å². The van der Waals surface area contributed by atoms with E-state index in [-0.39, 0.29) is 10.8 Å². The third-order valence-electron chi connectivity index (χ3n) is 7.28. The van der Waals surface area contributed by atoms with Gasteiger partial charge in [0.2, 0.25) is 0 Å². The molecular weight excluding hydrogens is 372 g/mol. The molecule has 0 bridgehead atoms. The summed E-state index contributed by atoms with van der Waals surface area (Å²) in [6.07, 6.45) is 15.8. The average molecular weight is 401 g/mol. The topological polar surface area (TPSA) is 0 Å². The quantitative estimate of drug-likeness (QED) is 0.458. The van der Waals surface area contributed by atoms with Crippen molar-refractivity contribution in [1.82, 2.24) is 0 Å². The van der Waals surface area contributed by atoms with Crippen molar-refractivity contribution in [3.63, 3.8) is 0 Å². The van der Waals surface area contributed by atoms with Crippen molar-refractivity contribution in [3.05, 3.63) is 143 Å². The molecule has 2 aromatic carbocycles. The molecule has 0 heterocycles. The molecule has 0 heteroatoms. The highest BCUT2D eigenvalue weighted by Crippen LogP contribution is 2.62. The maximum Gasteiger partial charge on any atom is 0.0725 e. The SMILES string of the molecule is C=CC1=C(/C=C\C)C2(C3=C(C=CC(C)(C(=C)C)C=C3)c3ccccc32)c2ccccc21. The van der Waals surface area contributed by atoms with E-state index >= 15 is 0 Å². The Balaban J connectivity index is 1.94. The van der Waals surface area contributed by atoms with Crippen molar-refractivity contribution in [2.45, 2.75) is 26.2 Å². The van der Waals surface area contributed by atoms with Crippen LogP contribution in [-0.2, 0) is 5.41 Å². The zero-order valence-electron chi connectivity index (χ0n) is 18.6. The smallest absolute Gasteiger partial charge is 0.0725 e. The van der Waals surface area contributed by atoms with Crippen LogP contribution in [0.5, 0.6) is 0 Å². The van der Waals surface area contributed by atoms with Crippen molar-refractivity contribution in [3.8, 4) is 0 Å². The minimum Gasteiger partial charge on any atom is -0.0990 e. The lowest BCUT2D eigenvalue weighted by molar-refractivity contribution is 0.664. The highest BCUT2D eigenvalue weighted by atomic mass is 14.5. The van der Waals surface area contributed by atoms with E-state index in [0.717, 1.165) is 5.57 Å². The molecule has 3 aliphatic carbocycles. The molecule has 0 fully saturated rings. The van der Waals surface area contributed by atoms with Gasteiger partial charge in [-0.3, -0.25) is 0 Å². The van der Waals surface area contributed by atoms with Crippen LogP contribution in [0.1, 0.15) is 43.0 Å². The summed E-state index contributed by atoms with van der Waals surface area (Å²) in [6.45, 7) is 14.9. The van der Waals surface area contributed by atoms with Gasteiger partial charge in [-0.25, -0.2) is 0 Å². The monoisotopic (exact) mass is 400 g/mol. The molecule has 3 aliphatic rings. The Morgan fingerprint density at radius 3 is 2.16 bits per heavy atom. The van der Waals surface area contributed by atoms with Crippen LogP contribution in [0.3, 0.4) is 0 Å². The number of fused-ring (bicyclic) bond motifs is 6. The number of benzene rings is 2. The molecule has 2 atom stereocenters. The molecule has 2 aromatic rings. The maximum atomic E-state index is 4.27. The standard InChI is InChI=1S/C31H28/c1-6-12-26-22(7-2)23-13-8-10-15-27(23)31(26)28-16-11-9-14-24(28)25-17-19-30(5,21(3)4)20-18-29(25)31/h6-20H,2-3H2,1,4-5H3/b12-6-. The Hall–Kier alpha value is -3.38. The van der Waals surface area contributed by atoms with Crippen LogP contribution in [0.15, 0.2) is 121 Å². The van der Waals surface area contributed by atoms with E-state index in [0.29, 0.717) is 0 Å². The minimum absolute atomic E-state index is 0.162. The van der Waals surface area contributed by atoms with Gasteiger partial charge in [-0.2, -0.15) is 0 Å². The number of hydrogen-bond acceptors (Lipinski definition) is 0. The fourth-order valence-corrected chi connectivity index (χ4v) is 5.50. The lowest BCUT2D eigenvalue weighted by Crippen LogP contribution is -2.27. The van der Waals surface area contributed by atoms with Gasteiger partial charge < -0.3 is 0 Å². The first-order valence-electron chi connectivity index (χ1n) is 11.0. The summed E-state index contributed by atoms with van der Waals surface area (Å²) < 4.78 is 0. The molecule has 0 radical (unpaired) electrons. The first-order valence-corrected chi connectivity index (χ1v) is 11.0. The molecule has 2 unspecified atom stereocenters. The van der Waals surface area contributed by atoms with Crippen LogP contribution >= 0.6 is 0 Å². The van der Waals surface area contributed by atoms with Crippen LogP contribution in [-0.4, -0.2) is 0 Å². The summed E-state index contributed by atoms with van der Waals surface area (Å²) in [5.74, 6) is 0. The van der Waals surface area contributed by atoms with Gasteiger partial charge in [0.05, 0.1) is 5.41 Å². The molecule has 0 saturated heterocycles. The van der Waals surface area contributed by atoms with Gasteiger partial charge in [-0.05, 0) is 65.3 Å². The molecular formula is C31H28. The summed E-state index contributed by atoms with van der Waals surface area (Å²) in [5.41, 5.74) is 11.1. The first-order chi connectivity index (χ1) is 15.0. The highest BCUT2D eigenvalue weighted by Gasteiger charge is 2.52. The van der Waals surface area contributed by atoms with Gasteiger partial charge in [-0.15, -0.1) is 0 Å². The van der Waals surface area contributed by atoms with Crippen LogP contribution in [0, 0.1) is 5.41 Å². The Kier molecular flexibility index (Phi) is 4.31. The maximum absolute atomic E-state index is 4.27. The third kappa shape index (κ3) is 2.42. The second kappa shape index (κ2) is 6.82. The zero-order valence-corrected chi connectivity index (χ0v) is 18.6. The van der Waals surface area contributed by atoms with Gasteiger partial charge >= 0.3 is 0 Å². The lowest BCUT2D eigenvalue weighted by atomic mass is 9.68. The van der Waals surface area contributed by atoms with Crippen LogP contribution in [0.4, 0.5) is 0 Å². The molecule has 0 nitrogen and oxygen atoms in total. The molecule has 0 N–H and O–H groups in total. The Labute approximate surface area is 186 Å². The van der Waals surface area contributed by atoms with Crippen LogP contribution in [0.2, 0.25) is 0 Å². The van der Waals surface area contributed by atoms with Gasteiger partial charge in [0.1, 0.15) is 0 Å². The second-order valence-corrected chi connectivity index (χ2v) is 8.93. The van der Waals surface area contributed by atoms with Crippen molar-refractivity contribution < 1.29 is 0 Å². The molecule has 31 heavy (non-hydrogen) atoms. The van der Waals surface area contributed by atoms with Crippen molar-refractivity contribution in [2.75, 3.05) is 0 Å². The summed E-state index contributed by atoms with van der Waals surface area (Å²) in [4.78, 5) is 0. The molecule has 152 valence electrons. The highest BCUT2D eigenvalue weighted by molar-refractivity contribution is 6.00. The van der Waals surface area contributed by atoms with Crippen molar-refractivity contribution in [1.29, 1.82) is 0 Å². The van der Waals surface area contributed by atoms with E-state index in [9.17, 15) is 0 Å². The van der Waals surface area contributed by atoms with Crippen LogP contribution in [0.25, 0.3) is 11.1 Å². The van der Waals surface area contributed by atoms with E-state index in [1.807, 2.05) is 6.08 Å². The van der Waals surface area contributed by atoms with Crippen molar-refractivity contribution >= 4 is 11.1 Å². The summed E-state index contributed by atoms with van der Waals surface area (Å²) in [5, 5.41) is 0. The molecule has 1 spiro atoms. The Morgan fingerprint density at radius 2 is 1.52 bits per heavy atom. The largest absolute Gasteiger partial charge is 0.0990 e. The minimum atomic E-state index is -0.334. The fourth-order valence-electron chi connectivity index (χ4n) is 5.50. The van der Waals surface area contributed by atoms with Crippen LogP contribution < -0.4 is 0 Å². The predicted molar refractivity (Wildman–Crippen MR) is 134 cm³/mol. The van der Waals surface area contributed by atoms with E-state index in [4.69, 9.17) is 0 Å². The first kappa shape index (κ1) is 19.6. The molecule has 0 aromatic heterocycles. The number of rotatable bonds is 3. The summed E-state index contributed by atoms with van der Waals surface area (Å²) in [7, 11) is 0. The average Bonchev–Trinajstić information content (AvgIpc) is 3.13. The van der Waals surface area contributed by atoms with Gasteiger partial charge in [0.15, 0.2) is 0 Å². The molecule has 0 aliphatic heterocycles. The Bertz CT molecular complexity index is 1290. The number of allylic oxidation sites excluding steroid dienone is 12. The molecule has 0 saturated carbocycles. The predicted octanol–water partition coefficient (Wildman–Crippen LogP) is 7.98. The summed E-state index contributed by atoms with van der Waals surface area (Å²) >= 11 is 0. The zero-order chi connectivity index (χ0) is 21.8. The normalized spacial score (nSPS) is 25.8.